The van der Waals surface area contributed by atoms with Gasteiger partial charge in [-0.3, -0.25) is 0 Å². The fraction of sp³-hybridized carbons (Fsp3) is 0.455. The zero-order chi connectivity index (χ0) is 10.6. The fourth-order valence-electron chi connectivity index (χ4n) is 1.15. The van der Waals surface area contributed by atoms with Crippen LogP contribution in [0.2, 0.25) is 5.02 Å². The van der Waals surface area contributed by atoms with Gasteiger partial charge in [-0.05, 0) is 31.9 Å². The van der Waals surface area contributed by atoms with Crippen LogP contribution in [-0.4, -0.2) is 12.6 Å². The molecule has 1 atom stereocenters. The number of halogens is 1. The van der Waals surface area contributed by atoms with Crippen LogP contribution in [0, 0.1) is 6.92 Å². The molecule has 2 nitrogen and oxygen atoms in total. The molecule has 1 aromatic carbocycles. The van der Waals surface area contributed by atoms with Gasteiger partial charge in [0.1, 0.15) is 5.75 Å². The lowest BCUT2D eigenvalue weighted by Gasteiger charge is -2.11. The SMILES string of the molecule is Cc1cccc(Cl)c1OCCC(C)N. The van der Waals surface area contributed by atoms with Gasteiger partial charge in [0.25, 0.3) is 0 Å². The number of nitrogens with two attached hydrogens (primary N) is 1. The van der Waals surface area contributed by atoms with E-state index >= 15 is 0 Å². The number of rotatable bonds is 4. The summed E-state index contributed by atoms with van der Waals surface area (Å²) in [6.07, 6.45) is 0.838. The highest BCUT2D eigenvalue weighted by atomic mass is 35.5. The second-order valence-corrected chi connectivity index (χ2v) is 3.91. The third-order valence-electron chi connectivity index (χ3n) is 1.98. The zero-order valence-corrected chi connectivity index (χ0v) is 9.34. The van der Waals surface area contributed by atoms with Crippen LogP contribution in [0.4, 0.5) is 0 Å². The first-order chi connectivity index (χ1) is 6.61. The van der Waals surface area contributed by atoms with E-state index in [4.69, 9.17) is 22.1 Å². The van der Waals surface area contributed by atoms with Crippen molar-refractivity contribution in [3.8, 4) is 5.75 Å². The lowest BCUT2D eigenvalue weighted by molar-refractivity contribution is 0.299. The maximum absolute atomic E-state index is 5.99. The Labute approximate surface area is 90.0 Å². The van der Waals surface area contributed by atoms with E-state index in [1.54, 1.807) is 0 Å². The summed E-state index contributed by atoms with van der Waals surface area (Å²) in [6.45, 7) is 4.55. The van der Waals surface area contributed by atoms with Crippen LogP contribution in [0.1, 0.15) is 18.9 Å². The van der Waals surface area contributed by atoms with Crippen molar-refractivity contribution in [1.29, 1.82) is 0 Å². The minimum Gasteiger partial charge on any atom is -0.492 e. The number of aryl methyl sites for hydroxylation is 1. The Bertz CT molecular complexity index is 279. The first-order valence-corrected chi connectivity index (χ1v) is 5.12. The molecule has 3 heteroatoms. The average molecular weight is 214 g/mol. The van der Waals surface area contributed by atoms with E-state index in [1.807, 2.05) is 32.0 Å². The number of ether oxygens (including phenoxy) is 1. The molecule has 1 unspecified atom stereocenters. The maximum atomic E-state index is 5.99. The molecule has 0 heterocycles. The highest BCUT2D eigenvalue weighted by Crippen LogP contribution is 2.27. The monoisotopic (exact) mass is 213 g/mol. The van der Waals surface area contributed by atoms with Crippen molar-refractivity contribution in [2.45, 2.75) is 26.3 Å². The normalized spacial score (nSPS) is 12.6. The van der Waals surface area contributed by atoms with Crippen LogP contribution in [0.25, 0.3) is 0 Å². The molecule has 0 aliphatic rings. The minimum atomic E-state index is 0.165. The van der Waals surface area contributed by atoms with Gasteiger partial charge in [0.2, 0.25) is 0 Å². The van der Waals surface area contributed by atoms with Gasteiger partial charge in [0, 0.05) is 6.04 Å². The maximum Gasteiger partial charge on any atom is 0.140 e. The molecule has 0 bridgehead atoms. The zero-order valence-electron chi connectivity index (χ0n) is 8.59. The van der Waals surface area contributed by atoms with Gasteiger partial charge in [-0.2, -0.15) is 0 Å². The summed E-state index contributed by atoms with van der Waals surface area (Å²) in [5.74, 6) is 0.773. The van der Waals surface area contributed by atoms with Gasteiger partial charge in [0.05, 0.1) is 11.6 Å². The van der Waals surface area contributed by atoms with Crippen LogP contribution in [0.5, 0.6) is 5.75 Å². The third kappa shape index (κ3) is 3.20. The largest absolute Gasteiger partial charge is 0.492 e. The van der Waals surface area contributed by atoms with E-state index in [1.165, 1.54) is 0 Å². The average Bonchev–Trinajstić information content (AvgIpc) is 2.09. The molecule has 0 aromatic heterocycles. The summed E-state index contributed by atoms with van der Waals surface area (Å²) in [7, 11) is 0. The standard InChI is InChI=1S/C11H16ClNO/c1-8-4-3-5-10(12)11(8)14-7-6-9(2)13/h3-5,9H,6-7,13H2,1-2H3. The van der Waals surface area contributed by atoms with Crippen LogP contribution < -0.4 is 10.5 Å². The summed E-state index contributed by atoms with van der Waals surface area (Å²) in [4.78, 5) is 0. The van der Waals surface area contributed by atoms with Gasteiger partial charge < -0.3 is 10.5 Å². The summed E-state index contributed by atoms with van der Waals surface area (Å²) in [6, 6.07) is 5.89. The van der Waals surface area contributed by atoms with Crippen molar-refractivity contribution in [2.24, 2.45) is 5.73 Å². The van der Waals surface area contributed by atoms with Gasteiger partial charge in [-0.1, -0.05) is 23.7 Å². The number of para-hydroxylation sites is 1. The first-order valence-electron chi connectivity index (χ1n) is 4.74. The molecule has 78 valence electrons. The van der Waals surface area contributed by atoms with Crippen molar-refractivity contribution >= 4 is 11.6 Å². The second-order valence-electron chi connectivity index (χ2n) is 3.50. The molecular formula is C11H16ClNO. The smallest absolute Gasteiger partial charge is 0.140 e. The van der Waals surface area contributed by atoms with E-state index in [-0.39, 0.29) is 6.04 Å². The van der Waals surface area contributed by atoms with Gasteiger partial charge in [-0.15, -0.1) is 0 Å². The summed E-state index contributed by atoms with van der Waals surface area (Å²) < 4.78 is 5.57. The van der Waals surface area contributed by atoms with Crippen LogP contribution in [0.3, 0.4) is 0 Å². The molecule has 0 saturated carbocycles. The predicted molar refractivity (Wildman–Crippen MR) is 60.0 cm³/mol. The molecule has 0 radical (unpaired) electrons. The first kappa shape index (κ1) is 11.3. The molecule has 0 aliphatic heterocycles. The summed E-state index contributed by atoms with van der Waals surface area (Å²) in [5.41, 5.74) is 6.68. The Morgan fingerprint density at radius 2 is 2.21 bits per heavy atom. The van der Waals surface area contributed by atoms with Crippen molar-refractivity contribution in [1.82, 2.24) is 0 Å². The number of hydrogen-bond donors (Lipinski definition) is 1. The molecule has 0 amide bonds. The Balaban J connectivity index is 2.58. The minimum absolute atomic E-state index is 0.165. The topological polar surface area (TPSA) is 35.2 Å². The molecular weight excluding hydrogens is 198 g/mol. The van der Waals surface area contributed by atoms with E-state index in [0.29, 0.717) is 11.6 Å². The molecule has 0 spiro atoms. The Kier molecular flexibility index (Phi) is 4.23. The fourth-order valence-corrected chi connectivity index (χ4v) is 1.42. The second kappa shape index (κ2) is 5.23. The van der Waals surface area contributed by atoms with Crippen molar-refractivity contribution in [3.63, 3.8) is 0 Å². The highest BCUT2D eigenvalue weighted by Gasteiger charge is 2.04. The molecule has 2 N–H and O–H groups in total. The van der Waals surface area contributed by atoms with Crippen molar-refractivity contribution in [3.05, 3.63) is 28.8 Å². The molecule has 0 aliphatic carbocycles. The summed E-state index contributed by atoms with van der Waals surface area (Å²) in [5, 5.41) is 0.662. The Hall–Kier alpha value is -0.730. The Morgan fingerprint density at radius 3 is 2.79 bits per heavy atom. The molecule has 1 rings (SSSR count). The molecule has 14 heavy (non-hydrogen) atoms. The van der Waals surface area contributed by atoms with Crippen LogP contribution in [-0.2, 0) is 0 Å². The van der Waals surface area contributed by atoms with Crippen molar-refractivity contribution < 1.29 is 4.74 Å². The van der Waals surface area contributed by atoms with Crippen LogP contribution in [0.15, 0.2) is 18.2 Å². The van der Waals surface area contributed by atoms with Gasteiger partial charge in [-0.25, -0.2) is 0 Å². The quantitative estimate of drug-likeness (QED) is 0.835. The summed E-state index contributed by atoms with van der Waals surface area (Å²) >= 11 is 5.99. The van der Waals surface area contributed by atoms with E-state index < -0.39 is 0 Å². The van der Waals surface area contributed by atoms with E-state index in [9.17, 15) is 0 Å². The van der Waals surface area contributed by atoms with Crippen molar-refractivity contribution in [2.75, 3.05) is 6.61 Å². The van der Waals surface area contributed by atoms with E-state index in [0.717, 1.165) is 17.7 Å². The third-order valence-corrected chi connectivity index (χ3v) is 2.28. The van der Waals surface area contributed by atoms with Gasteiger partial charge in [0.15, 0.2) is 0 Å². The lowest BCUT2D eigenvalue weighted by Crippen LogP contribution is -2.18. The molecule has 1 aromatic rings. The van der Waals surface area contributed by atoms with Gasteiger partial charge >= 0.3 is 0 Å². The van der Waals surface area contributed by atoms with E-state index in [2.05, 4.69) is 0 Å². The highest BCUT2D eigenvalue weighted by molar-refractivity contribution is 6.32. The lowest BCUT2D eigenvalue weighted by atomic mass is 10.2. The molecule has 0 saturated heterocycles. The number of benzene rings is 1. The van der Waals surface area contributed by atoms with Crippen LogP contribution >= 0.6 is 11.6 Å². The number of hydrogen-bond acceptors (Lipinski definition) is 2. The Morgan fingerprint density at radius 1 is 1.50 bits per heavy atom. The predicted octanol–water partition coefficient (Wildman–Crippen LogP) is 2.76. The molecule has 0 fully saturated rings.